The van der Waals surface area contributed by atoms with Crippen LogP contribution in [0.25, 0.3) is 0 Å². The minimum Gasteiger partial charge on any atom is -0.497 e. The standard InChI is InChI=1S/C23H24ClN3O3/c1-29-19-6-4-5-16(13-19)23(28)27-11-9-17(15-27)21-14-18(25-26-21)10-12-30-22-8-3-2-7-20(22)24/h2-8,13-14,17H,9-12,15H2,1H3,(H,25,26)/t17-/m0/s1. The minimum atomic E-state index is 0.0281. The third kappa shape index (κ3) is 4.60. The quantitative estimate of drug-likeness (QED) is 0.612. The fourth-order valence-corrected chi connectivity index (χ4v) is 3.86. The number of H-pyrrole nitrogens is 1. The van der Waals surface area contributed by atoms with E-state index in [0.717, 1.165) is 24.4 Å². The van der Waals surface area contributed by atoms with E-state index in [1.807, 2.05) is 47.4 Å². The van der Waals surface area contributed by atoms with Crippen LogP contribution in [0.2, 0.25) is 5.02 Å². The van der Waals surface area contributed by atoms with Gasteiger partial charge in [0.25, 0.3) is 5.91 Å². The number of carbonyl (C=O) groups excluding carboxylic acids is 1. The van der Waals surface area contributed by atoms with E-state index in [-0.39, 0.29) is 11.8 Å². The van der Waals surface area contributed by atoms with Crippen LogP contribution in [0.15, 0.2) is 54.6 Å². The first-order chi connectivity index (χ1) is 14.6. The van der Waals surface area contributed by atoms with Crippen molar-refractivity contribution in [2.24, 2.45) is 0 Å². The highest BCUT2D eigenvalue weighted by molar-refractivity contribution is 6.32. The second kappa shape index (κ2) is 9.22. The second-order valence-electron chi connectivity index (χ2n) is 7.32. The molecule has 0 spiro atoms. The van der Waals surface area contributed by atoms with E-state index < -0.39 is 0 Å². The highest BCUT2D eigenvalue weighted by atomic mass is 35.5. The van der Waals surface area contributed by atoms with Crippen LogP contribution < -0.4 is 9.47 Å². The van der Waals surface area contributed by atoms with Crippen LogP contribution >= 0.6 is 11.6 Å². The van der Waals surface area contributed by atoms with Crippen molar-refractivity contribution in [3.05, 3.63) is 76.6 Å². The first-order valence-electron chi connectivity index (χ1n) is 9.99. The van der Waals surface area contributed by atoms with Crippen molar-refractivity contribution in [1.29, 1.82) is 0 Å². The number of carbonyl (C=O) groups is 1. The Morgan fingerprint density at radius 1 is 1.23 bits per heavy atom. The van der Waals surface area contributed by atoms with Gasteiger partial charge in [0.05, 0.1) is 24.4 Å². The number of halogens is 1. The number of rotatable bonds is 7. The van der Waals surface area contributed by atoms with Gasteiger partial charge >= 0.3 is 0 Å². The maximum atomic E-state index is 12.8. The van der Waals surface area contributed by atoms with E-state index >= 15 is 0 Å². The summed E-state index contributed by atoms with van der Waals surface area (Å²) in [6, 6.07) is 16.8. The Bertz CT molecular complexity index is 1020. The summed E-state index contributed by atoms with van der Waals surface area (Å²) < 4.78 is 11.0. The van der Waals surface area contributed by atoms with Gasteiger partial charge in [-0.1, -0.05) is 29.8 Å². The normalized spacial score (nSPS) is 15.9. The molecule has 0 unspecified atom stereocenters. The number of methoxy groups -OCH3 is 1. The van der Waals surface area contributed by atoms with E-state index in [0.29, 0.717) is 41.7 Å². The summed E-state index contributed by atoms with van der Waals surface area (Å²) in [5.41, 5.74) is 2.65. The summed E-state index contributed by atoms with van der Waals surface area (Å²) in [5.74, 6) is 1.63. The number of nitrogens with zero attached hydrogens (tertiary/aromatic N) is 2. The van der Waals surface area contributed by atoms with Crippen molar-refractivity contribution >= 4 is 17.5 Å². The molecule has 6 nitrogen and oxygen atoms in total. The maximum Gasteiger partial charge on any atom is 0.254 e. The van der Waals surface area contributed by atoms with E-state index in [4.69, 9.17) is 21.1 Å². The van der Waals surface area contributed by atoms with Crippen LogP contribution in [0.4, 0.5) is 0 Å². The SMILES string of the molecule is COc1cccc(C(=O)N2CC[C@H](c3cc(CCOc4ccccc4Cl)[nH]n3)C2)c1. The molecule has 1 aliphatic heterocycles. The molecule has 2 aromatic carbocycles. The summed E-state index contributed by atoms with van der Waals surface area (Å²) in [4.78, 5) is 14.7. The van der Waals surface area contributed by atoms with Crippen molar-refractivity contribution in [3.63, 3.8) is 0 Å². The van der Waals surface area contributed by atoms with Crippen LogP contribution in [0.5, 0.6) is 11.5 Å². The number of aromatic nitrogens is 2. The predicted molar refractivity (Wildman–Crippen MR) is 115 cm³/mol. The zero-order valence-corrected chi connectivity index (χ0v) is 17.6. The Balaban J connectivity index is 1.32. The van der Waals surface area contributed by atoms with Gasteiger partial charge in [0, 0.05) is 36.7 Å². The van der Waals surface area contributed by atoms with Crippen LogP contribution in [0.3, 0.4) is 0 Å². The number of para-hydroxylation sites is 1. The first-order valence-corrected chi connectivity index (χ1v) is 10.4. The first kappa shape index (κ1) is 20.3. The molecule has 30 heavy (non-hydrogen) atoms. The second-order valence-corrected chi connectivity index (χ2v) is 7.72. The number of aromatic amines is 1. The lowest BCUT2D eigenvalue weighted by molar-refractivity contribution is 0.0790. The minimum absolute atomic E-state index is 0.0281. The molecule has 1 amide bonds. The fourth-order valence-electron chi connectivity index (χ4n) is 3.67. The van der Waals surface area contributed by atoms with Gasteiger partial charge in [0.2, 0.25) is 0 Å². The summed E-state index contributed by atoms with van der Waals surface area (Å²) in [6.07, 6.45) is 1.60. The Kier molecular flexibility index (Phi) is 6.23. The number of benzene rings is 2. The number of hydrogen-bond acceptors (Lipinski definition) is 4. The van der Waals surface area contributed by atoms with Gasteiger partial charge in [-0.15, -0.1) is 0 Å². The van der Waals surface area contributed by atoms with Gasteiger partial charge in [-0.25, -0.2) is 0 Å². The molecule has 4 rings (SSSR count). The van der Waals surface area contributed by atoms with Gasteiger partial charge in [-0.2, -0.15) is 5.10 Å². The molecule has 156 valence electrons. The molecule has 2 heterocycles. The Morgan fingerprint density at radius 3 is 2.93 bits per heavy atom. The molecule has 1 aromatic heterocycles. The summed E-state index contributed by atoms with van der Waals surface area (Å²) in [6.45, 7) is 1.89. The van der Waals surface area contributed by atoms with E-state index in [2.05, 4.69) is 16.3 Å². The van der Waals surface area contributed by atoms with Gasteiger partial charge in [0.1, 0.15) is 11.5 Å². The Hall–Kier alpha value is -2.99. The molecule has 0 aliphatic carbocycles. The number of nitrogens with one attached hydrogen (secondary N) is 1. The van der Waals surface area contributed by atoms with Crippen molar-refractivity contribution in [2.75, 3.05) is 26.8 Å². The monoisotopic (exact) mass is 425 g/mol. The molecule has 1 atom stereocenters. The molecule has 3 aromatic rings. The van der Waals surface area contributed by atoms with Gasteiger partial charge in [0.15, 0.2) is 0 Å². The fraction of sp³-hybridized carbons (Fsp3) is 0.304. The zero-order valence-electron chi connectivity index (χ0n) is 16.8. The molecule has 7 heteroatoms. The third-order valence-electron chi connectivity index (χ3n) is 5.33. The lowest BCUT2D eigenvalue weighted by atomic mass is 10.0. The molecular weight excluding hydrogens is 402 g/mol. The van der Waals surface area contributed by atoms with Crippen molar-refractivity contribution in [1.82, 2.24) is 15.1 Å². The highest BCUT2D eigenvalue weighted by Crippen LogP contribution is 2.28. The van der Waals surface area contributed by atoms with Crippen molar-refractivity contribution in [2.45, 2.75) is 18.8 Å². The lowest BCUT2D eigenvalue weighted by Gasteiger charge is -2.16. The average Bonchev–Trinajstić information content (AvgIpc) is 3.44. The highest BCUT2D eigenvalue weighted by Gasteiger charge is 2.29. The van der Waals surface area contributed by atoms with E-state index in [1.165, 1.54) is 0 Å². The van der Waals surface area contributed by atoms with Crippen molar-refractivity contribution < 1.29 is 14.3 Å². The average molecular weight is 426 g/mol. The molecule has 0 radical (unpaired) electrons. The maximum absolute atomic E-state index is 12.8. The third-order valence-corrected chi connectivity index (χ3v) is 5.64. The number of ether oxygens (including phenoxy) is 2. The molecule has 0 bridgehead atoms. The number of amides is 1. The van der Waals surface area contributed by atoms with Crippen LogP contribution in [0, 0.1) is 0 Å². The molecule has 1 saturated heterocycles. The smallest absolute Gasteiger partial charge is 0.254 e. The number of hydrogen-bond donors (Lipinski definition) is 1. The predicted octanol–water partition coefficient (Wildman–Crippen LogP) is 4.32. The van der Waals surface area contributed by atoms with Crippen LogP contribution in [0.1, 0.15) is 34.1 Å². The van der Waals surface area contributed by atoms with Crippen molar-refractivity contribution in [3.8, 4) is 11.5 Å². The van der Waals surface area contributed by atoms with E-state index in [1.54, 1.807) is 13.2 Å². The van der Waals surface area contributed by atoms with Gasteiger partial charge in [-0.05, 0) is 42.8 Å². The molecule has 1 N–H and O–H groups in total. The van der Waals surface area contributed by atoms with Crippen LogP contribution in [-0.4, -0.2) is 47.8 Å². The molecule has 1 fully saturated rings. The summed E-state index contributed by atoms with van der Waals surface area (Å²) in [5, 5.41) is 8.17. The lowest BCUT2D eigenvalue weighted by Crippen LogP contribution is -2.28. The zero-order chi connectivity index (χ0) is 20.9. The van der Waals surface area contributed by atoms with E-state index in [9.17, 15) is 4.79 Å². The Morgan fingerprint density at radius 2 is 2.10 bits per heavy atom. The summed E-state index contributed by atoms with van der Waals surface area (Å²) >= 11 is 6.11. The largest absolute Gasteiger partial charge is 0.497 e. The van der Waals surface area contributed by atoms with Crippen LogP contribution in [-0.2, 0) is 6.42 Å². The molecule has 1 aliphatic rings. The molecule has 0 saturated carbocycles. The topological polar surface area (TPSA) is 67.4 Å². The van der Waals surface area contributed by atoms with Gasteiger partial charge in [-0.3, -0.25) is 9.89 Å². The summed E-state index contributed by atoms with van der Waals surface area (Å²) in [7, 11) is 1.60. The molecular formula is C23H24ClN3O3. The Labute approximate surface area is 180 Å². The van der Waals surface area contributed by atoms with Gasteiger partial charge < -0.3 is 14.4 Å². The number of likely N-dealkylation sites (tertiary alicyclic amines) is 1.